The number of carbonyl (C=O) groups is 4. The number of carboxylic acids is 1. The lowest BCUT2D eigenvalue weighted by Crippen LogP contribution is -2.31. The van der Waals surface area contributed by atoms with Crippen molar-refractivity contribution in [3.63, 3.8) is 0 Å². The minimum absolute atomic E-state index is 0.00645. The number of aromatic nitrogens is 1. The lowest BCUT2D eigenvalue weighted by molar-refractivity contribution is -0.140. The summed E-state index contributed by atoms with van der Waals surface area (Å²) in [5, 5.41) is 9.73. The average molecular weight is 358 g/mol. The number of amides is 2. The number of esters is 1. The molecule has 0 aromatic carbocycles. The maximum Gasteiger partial charge on any atom is 0.315 e. The smallest absolute Gasteiger partial charge is 0.315 e. The highest BCUT2D eigenvalue weighted by molar-refractivity contribution is 8.01. The number of nitrogens with zero attached hydrogens (tertiary/aromatic N) is 2. The molecule has 1 atom stereocenters. The van der Waals surface area contributed by atoms with Gasteiger partial charge in [0.25, 0.3) is 0 Å². The largest absolute Gasteiger partial charge is 0.481 e. The summed E-state index contributed by atoms with van der Waals surface area (Å²) < 4.78 is 4.78. The monoisotopic (exact) mass is 358 g/mol. The predicted octanol–water partition coefficient (Wildman–Crippen LogP) is 0.698. The van der Waals surface area contributed by atoms with Crippen molar-refractivity contribution in [3.05, 3.63) is 11.1 Å². The topological polar surface area (TPSA) is 114 Å². The van der Waals surface area contributed by atoms with Crippen LogP contribution in [0.25, 0.3) is 0 Å². The molecule has 1 aliphatic rings. The van der Waals surface area contributed by atoms with Gasteiger partial charge in [0.2, 0.25) is 11.8 Å². The van der Waals surface area contributed by atoms with Gasteiger partial charge in [-0.05, 0) is 6.92 Å². The van der Waals surface area contributed by atoms with Gasteiger partial charge in [-0.3, -0.25) is 19.2 Å². The van der Waals surface area contributed by atoms with Crippen molar-refractivity contribution in [3.8, 4) is 0 Å². The summed E-state index contributed by atoms with van der Waals surface area (Å²) in [5.41, 5.74) is 0.292. The zero-order valence-corrected chi connectivity index (χ0v) is 13.8. The van der Waals surface area contributed by atoms with E-state index < -0.39 is 29.0 Å². The molecule has 0 aliphatic carbocycles. The molecule has 1 aromatic heterocycles. The molecule has 0 spiro atoms. The third-order valence-electron chi connectivity index (χ3n) is 2.88. The summed E-state index contributed by atoms with van der Waals surface area (Å²) in [7, 11) is 0. The van der Waals surface area contributed by atoms with Crippen LogP contribution in [0.1, 0.15) is 19.0 Å². The van der Waals surface area contributed by atoms with E-state index in [9.17, 15) is 19.2 Å². The second kappa shape index (κ2) is 7.55. The molecule has 1 unspecified atom stereocenters. The van der Waals surface area contributed by atoms with E-state index in [1.165, 1.54) is 5.38 Å². The van der Waals surface area contributed by atoms with Crippen LogP contribution < -0.4 is 4.90 Å². The second-order valence-corrected chi connectivity index (χ2v) is 6.60. The molecule has 124 valence electrons. The molecule has 2 heterocycles. The fraction of sp³-hybridized carbons (Fsp3) is 0.462. The summed E-state index contributed by atoms with van der Waals surface area (Å²) in [6.07, 6.45) is -0.287. The standard InChI is InChI=1S/C13H14N2O6S2/c1-2-21-11(19)6-22-8-4-9(16)15(12(8)20)13-14-7(5-23-13)3-10(17)18/h5,8H,2-4,6H2,1H3,(H,17,18). The number of rotatable bonds is 7. The van der Waals surface area contributed by atoms with Crippen molar-refractivity contribution in [2.75, 3.05) is 17.3 Å². The van der Waals surface area contributed by atoms with E-state index in [2.05, 4.69) is 4.98 Å². The molecular weight excluding hydrogens is 344 g/mol. The van der Waals surface area contributed by atoms with E-state index in [1.54, 1.807) is 6.92 Å². The Kier molecular flexibility index (Phi) is 5.72. The molecular formula is C13H14N2O6S2. The molecule has 0 bridgehead atoms. The van der Waals surface area contributed by atoms with Crippen molar-refractivity contribution < 1.29 is 29.0 Å². The van der Waals surface area contributed by atoms with Crippen molar-refractivity contribution in [2.24, 2.45) is 0 Å². The quantitative estimate of drug-likeness (QED) is 0.560. The Morgan fingerprint density at radius 3 is 2.91 bits per heavy atom. The Labute approximate surface area is 139 Å². The van der Waals surface area contributed by atoms with Crippen molar-refractivity contribution >= 4 is 52.0 Å². The number of imide groups is 1. The highest BCUT2D eigenvalue weighted by atomic mass is 32.2. The summed E-state index contributed by atoms with van der Waals surface area (Å²) in [5.74, 6) is -2.33. The van der Waals surface area contributed by atoms with E-state index >= 15 is 0 Å². The van der Waals surface area contributed by atoms with Crippen LogP contribution in [0.4, 0.5) is 5.13 Å². The van der Waals surface area contributed by atoms with E-state index in [-0.39, 0.29) is 30.3 Å². The summed E-state index contributed by atoms with van der Waals surface area (Å²) in [6.45, 7) is 1.94. The molecule has 1 aromatic rings. The Balaban J connectivity index is 2.02. The predicted molar refractivity (Wildman–Crippen MR) is 83.4 cm³/mol. The molecule has 1 saturated heterocycles. The van der Waals surface area contributed by atoms with Crippen LogP contribution in [0.15, 0.2) is 5.38 Å². The van der Waals surface area contributed by atoms with Gasteiger partial charge >= 0.3 is 11.9 Å². The van der Waals surface area contributed by atoms with Crippen LogP contribution in [0, 0.1) is 0 Å². The van der Waals surface area contributed by atoms with E-state index in [4.69, 9.17) is 9.84 Å². The number of thioether (sulfide) groups is 1. The van der Waals surface area contributed by atoms with E-state index in [1.807, 2.05) is 0 Å². The number of anilines is 1. The van der Waals surface area contributed by atoms with Crippen molar-refractivity contribution in [1.29, 1.82) is 0 Å². The van der Waals surface area contributed by atoms with Gasteiger partial charge in [-0.2, -0.15) is 0 Å². The maximum absolute atomic E-state index is 12.3. The van der Waals surface area contributed by atoms with E-state index in [0.717, 1.165) is 28.0 Å². The van der Waals surface area contributed by atoms with Gasteiger partial charge in [0.05, 0.1) is 29.7 Å². The van der Waals surface area contributed by atoms with Gasteiger partial charge in [-0.1, -0.05) is 0 Å². The number of carbonyl (C=O) groups excluding carboxylic acids is 3. The normalized spacial score (nSPS) is 17.6. The minimum Gasteiger partial charge on any atom is -0.481 e. The van der Waals surface area contributed by atoms with Gasteiger partial charge in [0.1, 0.15) is 0 Å². The fourth-order valence-corrected chi connectivity index (χ4v) is 3.72. The molecule has 1 N–H and O–H groups in total. The van der Waals surface area contributed by atoms with Crippen LogP contribution in [0.3, 0.4) is 0 Å². The molecule has 10 heteroatoms. The van der Waals surface area contributed by atoms with Gasteiger partial charge in [-0.15, -0.1) is 23.1 Å². The highest BCUT2D eigenvalue weighted by Gasteiger charge is 2.41. The third kappa shape index (κ3) is 4.29. The first-order valence-electron chi connectivity index (χ1n) is 6.72. The minimum atomic E-state index is -1.04. The van der Waals surface area contributed by atoms with Crippen molar-refractivity contribution in [2.45, 2.75) is 25.0 Å². The Bertz CT molecular complexity index is 644. The molecule has 1 aliphatic heterocycles. The van der Waals surface area contributed by atoms with Crippen LogP contribution in [-0.4, -0.2) is 51.5 Å². The Morgan fingerprint density at radius 2 is 2.26 bits per heavy atom. The number of ether oxygens (including phenoxy) is 1. The van der Waals surface area contributed by atoms with Crippen LogP contribution in [0.5, 0.6) is 0 Å². The van der Waals surface area contributed by atoms with Gasteiger partial charge < -0.3 is 9.84 Å². The molecule has 0 saturated carbocycles. The van der Waals surface area contributed by atoms with Crippen LogP contribution >= 0.6 is 23.1 Å². The number of thiazole rings is 1. The first kappa shape index (κ1) is 17.4. The number of aliphatic carboxylic acids is 1. The number of hydrogen-bond acceptors (Lipinski definition) is 8. The van der Waals surface area contributed by atoms with Gasteiger partial charge in [-0.25, -0.2) is 9.88 Å². The Hall–Kier alpha value is -1.94. The zero-order valence-electron chi connectivity index (χ0n) is 12.2. The fourth-order valence-electron chi connectivity index (χ4n) is 1.94. The van der Waals surface area contributed by atoms with Gasteiger partial charge in [0.15, 0.2) is 5.13 Å². The van der Waals surface area contributed by atoms with Crippen molar-refractivity contribution in [1.82, 2.24) is 4.98 Å². The second-order valence-electron chi connectivity index (χ2n) is 4.57. The maximum atomic E-state index is 12.3. The third-order valence-corrected chi connectivity index (χ3v) is 4.92. The molecule has 23 heavy (non-hydrogen) atoms. The first-order valence-corrected chi connectivity index (χ1v) is 8.65. The zero-order chi connectivity index (χ0) is 17.0. The van der Waals surface area contributed by atoms with E-state index in [0.29, 0.717) is 5.69 Å². The summed E-state index contributed by atoms with van der Waals surface area (Å²) >= 11 is 2.10. The number of carboxylic acid groups (broad SMARTS) is 1. The number of hydrogen-bond donors (Lipinski definition) is 1. The lowest BCUT2D eigenvalue weighted by Gasteiger charge is -2.11. The molecule has 2 amide bonds. The Morgan fingerprint density at radius 1 is 1.52 bits per heavy atom. The van der Waals surface area contributed by atoms with Crippen LogP contribution in [-0.2, 0) is 30.3 Å². The molecule has 0 radical (unpaired) electrons. The highest BCUT2D eigenvalue weighted by Crippen LogP contribution is 2.31. The SMILES string of the molecule is CCOC(=O)CSC1CC(=O)N(c2nc(CC(=O)O)cs2)C1=O. The average Bonchev–Trinajstić information content (AvgIpc) is 3.01. The molecule has 8 nitrogen and oxygen atoms in total. The van der Waals surface area contributed by atoms with Gasteiger partial charge in [0, 0.05) is 11.8 Å². The molecule has 1 fully saturated rings. The first-order chi connectivity index (χ1) is 10.9. The summed E-state index contributed by atoms with van der Waals surface area (Å²) in [6, 6.07) is 0. The van der Waals surface area contributed by atoms with Crippen LogP contribution in [0.2, 0.25) is 0 Å². The lowest BCUT2D eigenvalue weighted by atomic mass is 10.3. The molecule has 2 rings (SSSR count). The summed E-state index contributed by atoms with van der Waals surface area (Å²) in [4.78, 5) is 51.3.